The molecule has 0 saturated carbocycles. The second-order valence-electron chi connectivity index (χ2n) is 5.49. The van der Waals surface area contributed by atoms with Gasteiger partial charge in [-0.25, -0.2) is 0 Å². The van der Waals surface area contributed by atoms with Crippen LogP contribution < -0.4 is 10.5 Å². The molecule has 0 saturated heterocycles. The van der Waals surface area contributed by atoms with E-state index in [1.165, 1.54) is 22.2 Å². The van der Waals surface area contributed by atoms with Crippen LogP contribution in [0.2, 0.25) is 0 Å². The summed E-state index contributed by atoms with van der Waals surface area (Å²) in [6.45, 7) is 7.16. The Morgan fingerprint density at radius 2 is 2.00 bits per heavy atom. The summed E-state index contributed by atoms with van der Waals surface area (Å²) in [6, 6.07) is 6.22. The van der Waals surface area contributed by atoms with Gasteiger partial charge in [0.15, 0.2) is 0 Å². The second kappa shape index (κ2) is 4.32. The third-order valence-electron chi connectivity index (χ3n) is 3.89. The number of methoxy groups -OCH3 is 1. The molecule has 2 N–H and O–H groups in total. The molecule has 0 radical (unpaired) electrons. The van der Waals surface area contributed by atoms with Crippen molar-refractivity contribution in [1.82, 2.24) is 4.57 Å². The Morgan fingerprint density at radius 1 is 1.33 bits per heavy atom. The van der Waals surface area contributed by atoms with Gasteiger partial charge < -0.3 is 15.0 Å². The first-order chi connectivity index (χ1) is 8.42. The van der Waals surface area contributed by atoms with E-state index in [0.717, 1.165) is 5.75 Å². The molecule has 2 rings (SSSR count). The molecule has 0 aliphatic heterocycles. The number of nitrogens with zero attached hydrogens (tertiary/aromatic N) is 1. The van der Waals surface area contributed by atoms with Crippen molar-refractivity contribution in [3.63, 3.8) is 0 Å². The lowest BCUT2D eigenvalue weighted by atomic mass is 9.83. The van der Waals surface area contributed by atoms with Gasteiger partial charge >= 0.3 is 0 Å². The lowest BCUT2D eigenvalue weighted by Gasteiger charge is -2.23. The number of rotatable bonds is 3. The maximum Gasteiger partial charge on any atom is 0.119 e. The van der Waals surface area contributed by atoms with Crippen LogP contribution in [0.5, 0.6) is 5.75 Å². The minimum absolute atomic E-state index is 0.0318. The zero-order valence-electron chi connectivity index (χ0n) is 11.9. The van der Waals surface area contributed by atoms with Crippen LogP contribution in [0.4, 0.5) is 0 Å². The normalized spacial score (nSPS) is 12.1. The van der Waals surface area contributed by atoms with E-state index in [1.54, 1.807) is 7.11 Å². The Kier molecular flexibility index (Phi) is 3.11. The fraction of sp³-hybridized carbons (Fsp3) is 0.467. The van der Waals surface area contributed by atoms with E-state index in [9.17, 15) is 0 Å². The van der Waals surface area contributed by atoms with Gasteiger partial charge in [-0.3, -0.25) is 0 Å². The van der Waals surface area contributed by atoms with Crippen LogP contribution in [0.15, 0.2) is 18.2 Å². The van der Waals surface area contributed by atoms with Gasteiger partial charge in [0.25, 0.3) is 0 Å². The highest BCUT2D eigenvalue weighted by Crippen LogP contribution is 2.36. The molecule has 0 spiro atoms. The minimum atomic E-state index is -0.0318. The molecule has 0 unspecified atom stereocenters. The number of hydrogen-bond donors (Lipinski definition) is 1. The van der Waals surface area contributed by atoms with E-state index in [2.05, 4.69) is 44.5 Å². The average Bonchev–Trinajstić information content (AvgIpc) is 2.61. The van der Waals surface area contributed by atoms with Crippen molar-refractivity contribution in [2.24, 2.45) is 12.8 Å². The molecule has 0 fully saturated rings. The molecule has 2 aromatic rings. The first-order valence-corrected chi connectivity index (χ1v) is 6.26. The molecule has 98 valence electrons. The summed E-state index contributed by atoms with van der Waals surface area (Å²) in [5.41, 5.74) is 9.73. The minimum Gasteiger partial charge on any atom is -0.497 e. The summed E-state index contributed by atoms with van der Waals surface area (Å²) in [7, 11) is 3.80. The number of aromatic nitrogens is 1. The van der Waals surface area contributed by atoms with Crippen molar-refractivity contribution < 1.29 is 4.74 Å². The van der Waals surface area contributed by atoms with E-state index < -0.39 is 0 Å². The molecule has 18 heavy (non-hydrogen) atoms. The van der Waals surface area contributed by atoms with Gasteiger partial charge in [-0.1, -0.05) is 13.8 Å². The number of ether oxygens (including phenoxy) is 1. The topological polar surface area (TPSA) is 40.2 Å². The van der Waals surface area contributed by atoms with Gasteiger partial charge in [-0.05, 0) is 30.7 Å². The smallest absolute Gasteiger partial charge is 0.119 e. The maximum absolute atomic E-state index is 5.94. The standard InChI is InChI=1S/C15H22N2O/c1-10-14(15(2,3)9-16)12-8-11(18-5)6-7-13(12)17(10)4/h6-8H,9,16H2,1-5H3. The number of aryl methyl sites for hydroxylation is 1. The molecule has 1 aromatic carbocycles. The molecule has 1 aromatic heterocycles. The van der Waals surface area contributed by atoms with Gasteiger partial charge in [0.1, 0.15) is 5.75 Å². The zero-order valence-corrected chi connectivity index (χ0v) is 11.9. The van der Waals surface area contributed by atoms with Crippen LogP contribution in [0.3, 0.4) is 0 Å². The first kappa shape index (κ1) is 13.0. The highest BCUT2D eigenvalue weighted by molar-refractivity contribution is 5.88. The highest BCUT2D eigenvalue weighted by Gasteiger charge is 2.26. The van der Waals surface area contributed by atoms with Crippen molar-refractivity contribution in [3.05, 3.63) is 29.5 Å². The molecule has 0 amide bonds. The van der Waals surface area contributed by atoms with Crippen molar-refractivity contribution in [2.75, 3.05) is 13.7 Å². The molecule has 0 bridgehead atoms. The number of fused-ring (bicyclic) bond motifs is 1. The number of hydrogen-bond acceptors (Lipinski definition) is 2. The average molecular weight is 246 g/mol. The van der Waals surface area contributed by atoms with Crippen molar-refractivity contribution in [3.8, 4) is 5.75 Å². The molecular formula is C15H22N2O. The van der Waals surface area contributed by atoms with E-state index in [4.69, 9.17) is 10.5 Å². The van der Waals surface area contributed by atoms with Gasteiger partial charge in [0, 0.05) is 35.6 Å². The predicted molar refractivity (Wildman–Crippen MR) is 76.3 cm³/mol. The molecule has 1 heterocycles. The van der Waals surface area contributed by atoms with Crippen molar-refractivity contribution in [1.29, 1.82) is 0 Å². The third-order valence-corrected chi connectivity index (χ3v) is 3.89. The van der Waals surface area contributed by atoms with Crippen molar-refractivity contribution in [2.45, 2.75) is 26.2 Å². The van der Waals surface area contributed by atoms with E-state index in [-0.39, 0.29) is 5.41 Å². The van der Waals surface area contributed by atoms with Crippen molar-refractivity contribution >= 4 is 10.9 Å². The quantitative estimate of drug-likeness (QED) is 0.904. The predicted octanol–water partition coefficient (Wildman–Crippen LogP) is 2.73. The van der Waals surface area contributed by atoms with E-state index in [0.29, 0.717) is 6.54 Å². The summed E-state index contributed by atoms with van der Waals surface area (Å²) in [6.07, 6.45) is 0. The molecule has 0 atom stereocenters. The monoisotopic (exact) mass is 246 g/mol. The number of benzene rings is 1. The SMILES string of the molecule is COc1ccc2c(c1)c(C(C)(C)CN)c(C)n2C. The van der Waals surface area contributed by atoms with Gasteiger partial charge in [0.2, 0.25) is 0 Å². The van der Waals surface area contributed by atoms with E-state index >= 15 is 0 Å². The summed E-state index contributed by atoms with van der Waals surface area (Å²) >= 11 is 0. The van der Waals surface area contributed by atoms with Crippen LogP contribution in [0.1, 0.15) is 25.1 Å². The Morgan fingerprint density at radius 3 is 2.56 bits per heavy atom. The Balaban J connectivity index is 2.82. The van der Waals surface area contributed by atoms with Gasteiger partial charge in [0.05, 0.1) is 7.11 Å². The zero-order chi connectivity index (χ0) is 13.5. The molecular weight excluding hydrogens is 224 g/mol. The fourth-order valence-corrected chi connectivity index (χ4v) is 2.63. The van der Waals surface area contributed by atoms with Gasteiger partial charge in [-0.15, -0.1) is 0 Å². The Bertz CT molecular complexity index is 582. The molecule has 0 aliphatic carbocycles. The summed E-state index contributed by atoms with van der Waals surface area (Å²) < 4.78 is 7.56. The van der Waals surface area contributed by atoms with Crippen LogP contribution in [0.25, 0.3) is 10.9 Å². The summed E-state index contributed by atoms with van der Waals surface area (Å²) in [4.78, 5) is 0. The summed E-state index contributed by atoms with van der Waals surface area (Å²) in [5.74, 6) is 0.891. The lowest BCUT2D eigenvalue weighted by Crippen LogP contribution is -2.28. The van der Waals surface area contributed by atoms with E-state index in [1.807, 2.05) is 6.07 Å². The number of nitrogens with two attached hydrogens (primary N) is 1. The highest BCUT2D eigenvalue weighted by atomic mass is 16.5. The largest absolute Gasteiger partial charge is 0.497 e. The molecule has 3 nitrogen and oxygen atoms in total. The van der Waals surface area contributed by atoms with Gasteiger partial charge in [-0.2, -0.15) is 0 Å². The Labute approximate surface area is 109 Å². The van der Waals surface area contributed by atoms with Crippen LogP contribution in [0, 0.1) is 6.92 Å². The maximum atomic E-state index is 5.94. The first-order valence-electron chi connectivity index (χ1n) is 6.26. The molecule has 3 heteroatoms. The lowest BCUT2D eigenvalue weighted by molar-refractivity contribution is 0.415. The fourth-order valence-electron chi connectivity index (χ4n) is 2.63. The van der Waals surface area contributed by atoms with Crippen LogP contribution >= 0.6 is 0 Å². The second-order valence-corrected chi connectivity index (χ2v) is 5.49. The Hall–Kier alpha value is -1.48. The molecule has 0 aliphatic rings. The van der Waals surface area contributed by atoms with Crippen LogP contribution in [-0.4, -0.2) is 18.2 Å². The van der Waals surface area contributed by atoms with Crippen LogP contribution in [-0.2, 0) is 12.5 Å². The summed E-state index contributed by atoms with van der Waals surface area (Å²) in [5, 5.41) is 1.24. The third kappa shape index (κ3) is 1.79.